The van der Waals surface area contributed by atoms with Crippen molar-refractivity contribution in [2.45, 2.75) is 19.5 Å². The number of fused-ring (bicyclic) bond motifs is 1. The number of oxazole rings is 1. The molecule has 1 aliphatic rings. The number of carbonyl (C=O) groups is 1. The fourth-order valence-corrected chi connectivity index (χ4v) is 3.77. The van der Waals surface area contributed by atoms with Crippen LogP contribution < -0.4 is 10.7 Å². The fourth-order valence-electron chi connectivity index (χ4n) is 3.77. The van der Waals surface area contributed by atoms with Gasteiger partial charge in [0.05, 0.1) is 18.7 Å². The number of hydrogen-bond acceptors (Lipinski definition) is 5. The normalized spacial score (nSPS) is 15.4. The molecule has 1 saturated heterocycles. The van der Waals surface area contributed by atoms with E-state index in [-0.39, 0.29) is 5.91 Å². The van der Waals surface area contributed by atoms with Crippen LogP contribution >= 0.6 is 0 Å². The van der Waals surface area contributed by atoms with Crippen LogP contribution in [-0.4, -0.2) is 48.7 Å². The minimum Gasteiger partial charge on any atom is -0.408 e. The highest BCUT2D eigenvalue weighted by Crippen LogP contribution is 2.20. The second kappa shape index (κ2) is 8.13. The van der Waals surface area contributed by atoms with Crippen LogP contribution in [0.4, 0.5) is 5.69 Å². The maximum atomic E-state index is 13.0. The molecule has 2 heterocycles. The first-order valence-electron chi connectivity index (χ1n) is 9.81. The topological polar surface area (TPSA) is 67.9 Å². The summed E-state index contributed by atoms with van der Waals surface area (Å²) in [5.74, 6) is -0.661. The highest BCUT2D eigenvalue weighted by Gasteiger charge is 2.24. The summed E-state index contributed by atoms with van der Waals surface area (Å²) in [7, 11) is 1.75. The van der Waals surface area contributed by atoms with Gasteiger partial charge in [0.15, 0.2) is 5.58 Å². The second-order valence-corrected chi connectivity index (χ2v) is 7.34. The maximum absolute atomic E-state index is 13.0. The predicted molar refractivity (Wildman–Crippen MR) is 111 cm³/mol. The molecule has 0 bridgehead atoms. The van der Waals surface area contributed by atoms with Gasteiger partial charge in [-0.25, -0.2) is 4.79 Å². The van der Waals surface area contributed by atoms with E-state index in [0.717, 1.165) is 37.6 Å². The maximum Gasteiger partial charge on any atom is 0.420 e. The standard InChI is InChI=1S/C22H25N3O4/c1-16(25-19-5-3-4-6-20(19)29-22(25)27)21(26)23(2)15-17-7-9-18(10-8-17)24-11-13-28-14-12-24/h3-10,16H,11-15H2,1-2H3/t16-/m0/s1. The summed E-state index contributed by atoms with van der Waals surface area (Å²) in [6.07, 6.45) is 0. The van der Waals surface area contributed by atoms with Crippen molar-refractivity contribution in [2.24, 2.45) is 0 Å². The lowest BCUT2D eigenvalue weighted by Crippen LogP contribution is -2.36. The molecule has 0 spiro atoms. The molecule has 2 aromatic carbocycles. The number of rotatable bonds is 5. The Labute approximate surface area is 169 Å². The third-order valence-electron chi connectivity index (χ3n) is 5.37. The molecule has 0 radical (unpaired) electrons. The Balaban J connectivity index is 1.46. The number of carbonyl (C=O) groups excluding carboxylic acids is 1. The lowest BCUT2D eigenvalue weighted by atomic mass is 10.1. The van der Waals surface area contributed by atoms with E-state index in [2.05, 4.69) is 17.0 Å². The van der Waals surface area contributed by atoms with Crippen molar-refractivity contribution in [2.75, 3.05) is 38.3 Å². The summed E-state index contributed by atoms with van der Waals surface area (Å²) >= 11 is 0. The number of hydrogen-bond donors (Lipinski definition) is 0. The third kappa shape index (κ3) is 3.91. The molecule has 1 fully saturated rings. The number of para-hydroxylation sites is 2. The third-order valence-corrected chi connectivity index (χ3v) is 5.37. The number of benzene rings is 2. The van der Waals surface area contributed by atoms with Gasteiger partial charge in [-0.05, 0) is 36.8 Å². The molecule has 3 aromatic rings. The summed E-state index contributed by atoms with van der Waals surface area (Å²) < 4.78 is 12.1. The Bertz CT molecular complexity index is 1050. The summed E-state index contributed by atoms with van der Waals surface area (Å²) in [4.78, 5) is 29.2. The zero-order valence-electron chi connectivity index (χ0n) is 16.7. The average molecular weight is 395 g/mol. The molecule has 0 N–H and O–H groups in total. The van der Waals surface area contributed by atoms with Crippen LogP contribution in [0.1, 0.15) is 18.5 Å². The van der Waals surface area contributed by atoms with E-state index in [0.29, 0.717) is 17.6 Å². The molecule has 0 unspecified atom stereocenters. The van der Waals surface area contributed by atoms with Gasteiger partial charge in [-0.15, -0.1) is 0 Å². The largest absolute Gasteiger partial charge is 0.420 e. The number of likely N-dealkylation sites (N-methyl/N-ethyl adjacent to an activating group) is 1. The van der Waals surface area contributed by atoms with E-state index in [9.17, 15) is 9.59 Å². The van der Waals surface area contributed by atoms with Gasteiger partial charge >= 0.3 is 5.76 Å². The molecule has 0 saturated carbocycles. The molecular formula is C22H25N3O4. The molecule has 4 rings (SSSR count). The van der Waals surface area contributed by atoms with Crippen molar-refractivity contribution in [1.82, 2.24) is 9.47 Å². The van der Waals surface area contributed by atoms with E-state index in [1.807, 2.05) is 18.2 Å². The molecular weight excluding hydrogens is 370 g/mol. The van der Waals surface area contributed by atoms with E-state index in [1.165, 1.54) is 4.57 Å². The van der Waals surface area contributed by atoms with Crippen LogP contribution in [0, 0.1) is 0 Å². The average Bonchev–Trinajstić information content (AvgIpc) is 3.09. The fraction of sp³-hybridized carbons (Fsp3) is 0.364. The van der Waals surface area contributed by atoms with Crippen molar-refractivity contribution in [3.05, 3.63) is 64.6 Å². The Kier molecular flexibility index (Phi) is 5.40. The first-order chi connectivity index (χ1) is 14.0. The minimum atomic E-state index is -0.649. The van der Waals surface area contributed by atoms with Crippen molar-refractivity contribution in [1.29, 1.82) is 0 Å². The monoisotopic (exact) mass is 395 g/mol. The second-order valence-electron chi connectivity index (χ2n) is 7.34. The zero-order chi connectivity index (χ0) is 20.4. The summed E-state index contributed by atoms with van der Waals surface area (Å²) in [5.41, 5.74) is 3.31. The SMILES string of the molecule is C[C@@H](C(=O)N(C)Cc1ccc(N2CCOCC2)cc1)n1c(=O)oc2ccccc21. The Morgan fingerprint density at radius 3 is 2.52 bits per heavy atom. The first-order valence-corrected chi connectivity index (χ1v) is 9.81. The van der Waals surface area contributed by atoms with E-state index in [4.69, 9.17) is 9.15 Å². The Morgan fingerprint density at radius 1 is 1.10 bits per heavy atom. The zero-order valence-corrected chi connectivity index (χ0v) is 16.7. The van der Waals surface area contributed by atoms with Crippen molar-refractivity contribution >= 4 is 22.7 Å². The van der Waals surface area contributed by atoms with Gasteiger partial charge in [-0.2, -0.15) is 0 Å². The van der Waals surface area contributed by atoms with Crippen LogP contribution in [0.3, 0.4) is 0 Å². The number of morpholine rings is 1. The molecule has 29 heavy (non-hydrogen) atoms. The van der Waals surface area contributed by atoms with Gasteiger partial charge < -0.3 is 19.0 Å². The van der Waals surface area contributed by atoms with Crippen molar-refractivity contribution in [3.63, 3.8) is 0 Å². The van der Waals surface area contributed by atoms with E-state index in [1.54, 1.807) is 37.1 Å². The first kappa shape index (κ1) is 19.3. The van der Waals surface area contributed by atoms with Gasteiger partial charge in [-0.1, -0.05) is 24.3 Å². The van der Waals surface area contributed by atoms with Gasteiger partial charge in [0.2, 0.25) is 5.91 Å². The van der Waals surface area contributed by atoms with Gasteiger partial charge in [-0.3, -0.25) is 9.36 Å². The predicted octanol–water partition coefficient (Wildman–Crippen LogP) is 2.65. The van der Waals surface area contributed by atoms with Gasteiger partial charge in [0, 0.05) is 32.4 Å². The summed E-state index contributed by atoms with van der Waals surface area (Å²) in [6.45, 7) is 5.48. The van der Waals surface area contributed by atoms with Crippen LogP contribution in [0.15, 0.2) is 57.7 Å². The molecule has 0 aliphatic carbocycles. The lowest BCUT2D eigenvalue weighted by molar-refractivity contribution is -0.133. The highest BCUT2D eigenvalue weighted by atomic mass is 16.5. The lowest BCUT2D eigenvalue weighted by Gasteiger charge is -2.29. The molecule has 1 amide bonds. The summed E-state index contributed by atoms with van der Waals surface area (Å²) in [5, 5.41) is 0. The molecule has 7 nitrogen and oxygen atoms in total. The van der Waals surface area contributed by atoms with E-state index >= 15 is 0 Å². The smallest absolute Gasteiger partial charge is 0.408 e. The van der Waals surface area contributed by atoms with Crippen LogP contribution in [0.5, 0.6) is 0 Å². The minimum absolute atomic E-state index is 0.143. The molecule has 7 heteroatoms. The summed E-state index contributed by atoms with van der Waals surface area (Å²) in [6, 6.07) is 14.7. The number of nitrogens with zero attached hydrogens (tertiary/aromatic N) is 3. The number of amides is 1. The van der Waals surface area contributed by atoms with Gasteiger partial charge in [0.25, 0.3) is 0 Å². The number of ether oxygens (including phenoxy) is 1. The number of anilines is 1. The Morgan fingerprint density at radius 2 is 1.79 bits per heavy atom. The quantitative estimate of drug-likeness (QED) is 0.664. The number of aromatic nitrogens is 1. The molecule has 1 aliphatic heterocycles. The van der Waals surface area contributed by atoms with Crippen molar-refractivity contribution < 1.29 is 13.9 Å². The van der Waals surface area contributed by atoms with E-state index < -0.39 is 11.8 Å². The van der Waals surface area contributed by atoms with Crippen LogP contribution in [-0.2, 0) is 16.1 Å². The molecule has 152 valence electrons. The highest BCUT2D eigenvalue weighted by molar-refractivity contribution is 5.82. The Hall–Kier alpha value is -3.06. The molecule has 1 atom stereocenters. The van der Waals surface area contributed by atoms with Crippen molar-refractivity contribution in [3.8, 4) is 0 Å². The van der Waals surface area contributed by atoms with Crippen LogP contribution in [0.2, 0.25) is 0 Å². The van der Waals surface area contributed by atoms with Crippen LogP contribution in [0.25, 0.3) is 11.1 Å². The van der Waals surface area contributed by atoms with Gasteiger partial charge in [0.1, 0.15) is 6.04 Å². The molecule has 1 aromatic heterocycles.